The zero-order valence-corrected chi connectivity index (χ0v) is 17.5. The molecular weight excluding hydrogens is 358 g/mol. The van der Waals surface area contributed by atoms with Crippen LogP contribution in [0.15, 0.2) is 60.8 Å². The van der Waals surface area contributed by atoms with Gasteiger partial charge in [-0.25, -0.2) is 4.98 Å². The molecule has 4 heteroatoms. The molecule has 1 atom stereocenters. The second-order valence-corrected chi connectivity index (χ2v) is 8.19. The molecule has 150 valence electrons. The van der Waals surface area contributed by atoms with Gasteiger partial charge < -0.3 is 9.64 Å². The summed E-state index contributed by atoms with van der Waals surface area (Å²) in [4.78, 5) is 11.5. The van der Waals surface area contributed by atoms with E-state index in [0.29, 0.717) is 5.92 Å². The molecule has 0 saturated heterocycles. The van der Waals surface area contributed by atoms with E-state index in [1.54, 1.807) is 0 Å². The fraction of sp³-hybridized carbons (Fsp3) is 0.360. The average molecular weight is 388 g/mol. The van der Waals surface area contributed by atoms with E-state index in [0.717, 1.165) is 29.4 Å². The maximum Gasteiger partial charge on any atom is 0.120 e. The van der Waals surface area contributed by atoms with E-state index in [-0.39, 0.29) is 6.10 Å². The van der Waals surface area contributed by atoms with E-state index in [2.05, 4.69) is 61.2 Å². The van der Waals surface area contributed by atoms with Gasteiger partial charge in [0, 0.05) is 18.3 Å². The summed E-state index contributed by atoms with van der Waals surface area (Å²) < 4.78 is 6.20. The maximum atomic E-state index is 6.20. The molecule has 1 saturated carbocycles. The Hall–Kier alpha value is -2.72. The molecule has 1 fully saturated rings. The molecule has 2 heterocycles. The topological polar surface area (TPSA) is 38.2 Å². The van der Waals surface area contributed by atoms with Gasteiger partial charge in [0.05, 0.1) is 17.1 Å². The Morgan fingerprint density at radius 1 is 1.00 bits per heavy atom. The molecule has 0 N–H and O–H groups in total. The van der Waals surface area contributed by atoms with Crippen molar-refractivity contribution in [2.24, 2.45) is 0 Å². The van der Waals surface area contributed by atoms with Crippen LogP contribution in [0, 0.1) is 0 Å². The van der Waals surface area contributed by atoms with Crippen LogP contribution >= 0.6 is 0 Å². The molecule has 0 aliphatic heterocycles. The first kappa shape index (κ1) is 19.6. The number of nitrogens with zero attached hydrogens (tertiary/aromatic N) is 3. The molecule has 1 aliphatic carbocycles. The van der Waals surface area contributed by atoms with Crippen LogP contribution in [0.3, 0.4) is 0 Å². The van der Waals surface area contributed by atoms with E-state index < -0.39 is 0 Å². The second kappa shape index (κ2) is 8.75. The lowest BCUT2D eigenvalue weighted by molar-refractivity contribution is 0.176. The number of aromatic nitrogens is 2. The van der Waals surface area contributed by atoms with E-state index in [1.165, 1.54) is 30.4 Å². The molecule has 3 aromatic rings. The van der Waals surface area contributed by atoms with E-state index in [1.807, 2.05) is 30.5 Å². The number of hydrogen-bond acceptors (Lipinski definition) is 4. The fourth-order valence-electron chi connectivity index (χ4n) is 3.93. The van der Waals surface area contributed by atoms with Gasteiger partial charge in [-0.1, -0.05) is 18.6 Å². The van der Waals surface area contributed by atoms with Gasteiger partial charge in [0.25, 0.3) is 0 Å². The van der Waals surface area contributed by atoms with Crippen molar-refractivity contribution in [1.29, 1.82) is 0 Å². The predicted molar refractivity (Wildman–Crippen MR) is 118 cm³/mol. The standard InChI is InChI=1S/C25H29N3O/c1-18(17-28(2)3)29-20-13-14-21(22(16-20)19-8-6-9-19)23-11-7-12-25(27-23)24-10-4-5-15-26-24/h4-5,7,10-16,18-19H,6,8-9,17H2,1-3H3. The fourth-order valence-corrected chi connectivity index (χ4v) is 3.93. The molecule has 4 nitrogen and oxygen atoms in total. The SMILES string of the molecule is CC(CN(C)C)Oc1ccc(-c2cccc(-c3ccccn3)n2)c(C2CCC2)c1. The number of hydrogen-bond donors (Lipinski definition) is 0. The molecular formula is C25H29N3O. The Morgan fingerprint density at radius 2 is 1.79 bits per heavy atom. The summed E-state index contributed by atoms with van der Waals surface area (Å²) in [5, 5.41) is 0. The summed E-state index contributed by atoms with van der Waals surface area (Å²) >= 11 is 0. The smallest absolute Gasteiger partial charge is 0.120 e. The Balaban J connectivity index is 1.66. The van der Waals surface area contributed by atoms with Crippen molar-refractivity contribution < 1.29 is 4.74 Å². The van der Waals surface area contributed by atoms with Crippen LogP contribution in [0.4, 0.5) is 0 Å². The van der Waals surface area contributed by atoms with Crippen LogP contribution in [-0.2, 0) is 0 Å². The van der Waals surface area contributed by atoms with Crippen LogP contribution in [0.5, 0.6) is 5.75 Å². The molecule has 0 spiro atoms. The molecule has 0 bridgehead atoms. The lowest BCUT2D eigenvalue weighted by atomic mass is 9.77. The summed E-state index contributed by atoms with van der Waals surface area (Å²) in [6, 6.07) is 18.6. The highest BCUT2D eigenvalue weighted by atomic mass is 16.5. The van der Waals surface area contributed by atoms with Crippen molar-refractivity contribution in [1.82, 2.24) is 14.9 Å². The Bertz CT molecular complexity index is 951. The average Bonchev–Trinajstić information content (AvgIpc) is 2.67. The normalized spacial score (nSPS) is 15.2. The van der Waals surface area contributed by atoms with Crippen LogP contribution < -0.4 is 4.74 Å². The summed E-state index contributed by atoms with van der Waals surface area (Å²) in [6.45, 7) is 3.02. The Kier molecular flexibility index (Phi) is 5.91. The van der Waals surface area contributed by atoms with Crippen molar-refractivity contribution in [3.63, 3.8) is 0 Å². The van der Waals surface area contributed by atoms with Crippen molar-refractivity contribution in [2.45, 2.75) is 38.2 Å². The lowest BCUT2D eigenvalue weighted by Crippen LogP contribution is -2.28. The first-order valence-electron chi connectivity index (χ1n) is 10.4. The van der Waals surface area contributed by atoms with Gasteiger partial charge >= 0.3 is 0 Å². The second-order valence-electron chi connectivity index (χ2n) is 8.19. The summed E-state index contributed by atoms with van der Waals surface area (Å²) in [7, 11) is 4.14. The molecule has 1 unspecified atom stereocenters. The highest BCUT2D eigenvalue weighted by molar-refractivity contribution is 5.69. The van der Waals surface area contributed by atoms with E-state index in [9.17, 15) is 0 Å². The molecule has 29 heavy (non-hydrogen) atoms. The van der Waals surface area contributed by atoms with Gasteiger partial charge in [-0.2, -0.15) is 0 Å². The first-order chi connectivity index (χ1) is 14.1. The number of pyridine rings is 2. The summed E-state index contributed by atoms with van der Waals surface area (Å²) in [5.41, 5.74) is 5.37. The van der Waals surface area contributed by atoms with Gasteiger partial charge in [-0.3, -0.25) is 4.98 Å². The van der Waals surface area contributed by atoms with Crippen molar-refractivity contribution in [3.8, 4) is 28.4 Å². The van der Waals surface area contributed by atoms with E-state index >= 15 is 0 Å². The molecule has 4 rings (SSSR count). The van der Waals surface area contributed by atoms with Gasteiger partial charge in [0.1, 0.15) is 11.9 Å². The third kappa shape index (κ3) is 4.65. The van der Waals surface area contributed by atoms with E-state index in [4.69, 9.17) is 9.72 Å². The first-order valence-corrected chi connectivity index (χ1v) is 10.4. The molecule has 2 aromatic heterocycles. The molecule has 0 amide bonds. The molecule has 0 radical (unpaired) electrons. The summed E-state index contributed by atoms with van der Waals surface area (Å²) in [6.07, 6.45) is 5.74. The minimum Gasteiger partial charge on any atom is -0.489 e. The Labute approximate surface area is 173 Å². The third-order valence-electron chi connectivity index (χ3n) is 5.48. The molecule has 1 aromatic carbocycles. The lowest BCUT2D eigenvalue weighted by Gasteiger charge is -2.29. The minimum absolute atomic E-state index is 0.149. The molecule has 1 aliphatic rings. The van der Waals surface area contributed by atoms with Crippen LogP contribution in [0.25, 0.3) is 22.6 Å². The number of likely N-dealkylation sites (N-methyl/N-ethyl adjacent to an activating group) is 1. The van der Waals surface area contributed by atoms with Gasteiger partial charge in [-0.15, -0.1) is 0 Å². The predicted octanol–water partition coefficient (Wildman–Crippen LogP) is 5.41. The van der Waals surface area contributed by atoms with Gasteiger partial charge in [0.2, 0.25) is 0 Å². The third-order valence-corrected chi connectivity index (χ3v) is 5.48. The Morgan fingerprint density at radius 3 is 2.48 bits per heavy atom. The van der Waals surface area contributed by atoms with Gasteiger partial charge in [-0.05, 0) is 87.8 Å². The minimum atomic E-state index is 0.149. The quantitative estimate of drug-likeness (QED) is 0.543. The number of rotatable bonds is 7. The van der Waals surface area contributed by atoms with Crippen molar-refractivity contribution in [2.75, 3.05) is 20.6 Å². The van der Waals surface area contributed by atoms with Crippen LogP contribution in [0.2, 0.25) is 0 Å². The van der Waals surface area contributed by atoms with Gasteiger partial charge in [0.15, 0.2) is 0 Å². The zero-order chi connectivity index (χ0) is 20.2. The number of benzene rings is 1. The number of ether oxygens (including phenoxy) is 1. The van der Waals surface area contributed by atoms with Crippen LogP contribution in [-0.4, -0.2) is 41.6 Å². The summed E-state index contributed by atoms with van der Waals surface area (Å²) in [5.74, 6) is 1.55. The maximum absolute atomic E-state index is 6.20. The van der Waals surface area contributed by atoms with Crippen LogP contribution in [0.1, 0.15) is 37.7 Å². The van der Waals surface area contributed by atoms with Crippen molar-refractivity contribution in [3.05, 3.63) is 66.4 Å². The van der Waals surface area contributed by atoms with Crippen molar-refractivity contribution >= 4 is 0 Å². The largest absolute Gasteiger partial charge is 0.489 e. The highest BCUT2D eigenvalue weighted by Crippen LogP contribution is 2.42. The zero-order valence-electron chi connectivity index (χ0n) is 17.5. The highest BCUT2D eigenvalue weighted by Gasteiger charge is 2.24. The monoisotopic (exact) mass is 387 g/mol.